The summed E-state index contributed by atoms with van der Waals surface area (Å²) in [6.45, 7) is 10.9. The lowest BCUT2D eigenvalue weighted by molar-refractivity contribution is -0.133. The summed E-state index contributed by atoms with van der Waals surface area (Å²) in [4.78, 5) is 29.3. The Morgan fingerprint density at radius 1 is 1.07 bits per heavy atom. The lowest BCUT2D eigenvalue weighted by Gasteiger charge is -2.37. The lowest BCUT2D eigenvalue weighted by atomic mass is 10.1. The number of nitrogens with zero attached hydrogens (tertiary/aromatic N) is 5. The molecular weight excluding hydrogens is 360 g/mol. The van der Waals surface area contributed by atoms with Gasteiger partial charge in [0.05, 0.1) is 23.8 Å². The quantitative estimate of drug-likeness (QED) is 0.621. The Labute approximate surface area is 166 Å². The standard InChI is InChI=1S/C19H32N6OS/c1-15-17(27-16(2)22-15)13-21-19(20-3)25-11-9-23(10-12-25)14-18(26)24-7-5-4-6-8-24/h4-14H2,1-3H3,(H,20,21). The van der Waals surface area contributed by atoms with E-state index in [2.05, 4.69) is 32.0 Å². The molecule has 8 heteroatoms. The molecule has 2 aliphatic heterocycles. The summed E-state index contributed by atoms with van der Waals surface area (Å²) in [5.41, 5.74) is 1.10. The van der Waals surface area contributed by atoms with Crippen LogP contribution in [0.2, 0.25) is 0 Å². The van der Waals surface area contributed by atoms with Gasteiger partial charge in [-0.25, -0.2) is 4.98 Å². The Morgan fingerprint density at radius 3 is 2.37 bits per heavy atom. The molecule has 3 rings (SSSR count). The molecule has 2 saturated heterocycles. The number of carbonyl (C=O) groups is 1. The third kappa shape index (κ3) is 5.42. The number of rotatable bonds is 4. The summed E-state index contributed by atoms with van der Waals surface area (Å²) in [6.07, 6.45) is 3.57. The van der Waals surface area contributed by atoms with Gasteiger partial charge < -0.3 is 15.1 Å². The van der Waals surface area contributed by atoms with Crippen LogP contribution in [-0.2, 0) is 11.3 Å². The van der Waals surface area contributed by atoms with Crippen molar-refractivity contribution in [1.82, 2.24) is 25.0 Å². The van der Waals surface area contributed by atoms with E-state index in [1.807, 2.05) is 18.9 Å². The van der Waals surface area contributed by atoms with Crippen LogP contribution >= 0.6 is 11.3 Å². The van der Waals surface area contributed by atoms with E-state index in [9.17, 15) is 4.79 Å². The van der Waals surface area contributed by atoms with Gasteiger partial charge >= 0.3 is 0 Å². The minimum absolute atomic E-state index is 0.293. The van der Waals surface area contributed by atoms with E-state index in [1.165, 1.54) is 11.3 Å². The highest BCUT2D eigenvalue weighted by atomic mass is 32.1. The Kier molecular flexibility index (Phi) is 7.07. The van der Waals surface area contributed by atoms with Gasteiger partial charge in [-0.2, -0.15) is 0 Å². The molecule has 1 aromatic heterocycles. The number of aromatic nitrogens is 1. The molecule has 0 unspecified atom stereocenters. The van der Waals surface area contributed by atoms with Gasteiger partial charge in [0.15, 0.2) is 5.96 Å². The van der Waals surface area contributed by atoms with Gasteiger partial charge in [-0.15, -0.1) is 11.3 Å². The molecule has 0 atom stereocenters. The van der Waals surface area contributed by atoms with Gasteiger partial charge in [-0.1, -0.05) is 0 Å². The van der Waals surface area contributed by atoms with E-state index in [4.69, 9.17) is 0 Å². The van der Waals surface area contributed by atoms with Crippen LogP contribution in [0.4, 0.5) is 0 Å². The fourth-order valence-electron chi connectivity index (χ4n) is 3.78. The number of hydrogen-bond acceptors (Lipinski definition) is 5. The van der Waals surface area contributed by atoms with Gasteiger partial charge in [0.25, 0.3) is 0 Å². The second-order valence-corrected chi connectivity index (χ2v) is 8.63. The average Bonchev–Trinajstić information content (AvgIpc) is 3.01. The SMILES string of the molecule is CN=C(NCc1sc(C)nc1C)N1CCN(CC(=O)N2CCCCC2)CC1. The predicted molar refractivity (Wildman–Crippen MR) is 110 cm³/mol. The first-order chi connectivity index (χ1) is 13.1. The number of nitrogens with one attached hydrogen (secondary N) is 1. The number of piperazine rings is 1. The second-order valence-electron chi connectivity index (χ2n) is 7.35. The summed E-state index contributed by atoms with van der Waals surface area (Å²) < 4.78 is 0. The minimum Gasteiger partial charge on any atom is -0.351 e. The molecule has 0 aliphatic carbocycles. The number of aliphatic imine (C=N–C) groups is 1. The van der Waals surface area contributed by atoms with Crippen LogP contribution in [-0.4, -0.2) is 84.4 Å². The predicted octanol–water partition coefficient (Wildman–Crippen LogP) is 1.47. The van der Waals surface area contributed by atoms with Crippen LogP contribution in [0.1, 0.15) is 34.8 Å². The van der Waals surface area contributed by atoms with Crippen LogP contribution in [0.3, 0.4) is 0 Å². The minimum atomic E-state index is 0.293. The van der Waals surface area contributed by atoms with E-state index in [0.717, 1.165) is 75.3 Å². The number of carbonyl (C=O) groups excluding carboxylic acids is 1. The molecule has 0 spiro atoms. The molecule has 2 fully saturated rings. The molecule has 2 aliphatic rings. The highest BCUT2D eigenvalue weighted by molar-refractivity contribution is 7.11. The Hall–Kier alpha value is -1.67. The molecule has 1 N–H and O–H groups in total. The largest absolute Gasteiger partial charge is 0.351 e. The monoisotopic (exact) mass is 392 g/mol. The zero-order chi connectivity index (χ0) is 19.2. The van der Waals surface area contributed by atoms with E-state index in [0.29, 0.717) is 12.5 Å². The Bertz CT molecular complexity index is 659. The highest BCUT2D eigenvalue weighted by Crippen LogP contribution is 2.17. The van der Waals surface area contributed by atoms with Crippen molar-refractivity contribution in [3.63, 3.8) is 0 Å². The number of piperidine rings is 1. The molecule has 27 heavy (non-hydrogen) atoms. The highest BCUT2D eigenvalue weighted by Gasteiger charge is 2.24. The third-order valence-electron chi connectivity index (χ3n) is 5.36. The maximum atomic E-state index is 12.5. The number of amides is 1. The van der Waals surface area contributed by atoms with Crippen molar-refractivity contribution < 1.29 is 4.79 Å². The molecular formula is C19H32N6OS. The summed E-state index contributed by atoms with van der Waals surface area (Å²) in [7, 11) is 1.83. The van der Waals surface area contributed by atoms with Crippen molar-refractivity contribution in [2.45, 2.75) is 39.7 Å². The van der Waals surface area contributed by atoms with Crippen LogP contribution < -0.4 is 5.32 Å². The van der Waals surface area contributed by atoms with Crippen molar-refractivity contribution in [2.75, 3.05) is 52.9 Å². The fraction of sp³-hybridized carbons (Fsp3) is 0.737. The zero-order valence-electron chi connectivity index (χ0n) is 16.8. The summed E-state index contributed by atoms with van der Waals surface area (Å²) in [6, 6.07) is 0. The Balaban J connectivity index is 1.44. The number of aryl methyl sites for hydroxylation is 2. The fourth-order valence-corrected chi connectivity index (χ4v) is 4.66. The maximum Gasteiger partial charge on any atom is 0.236 e. The average molecular weight is 393 g/mol. The molecule has 7 nitrogen and oxygen atoms in total. The van der Waals surface area contributed by atoms with Crippen molar-refractivity contribution in [1.29, 1.82) is 0 Å². The van der Waals surface area contributed by atoms with Gasteiger partial charge in [0.2, 0.25) is 5.91 Å². The zero-order valence-corrected chi connectivity index (χ0v) is 17.6. The normalized spacial score (nSPS) is 19.4. The molecule has 150 valence electrons. The van der Waals surface area contributed by atoms with Crippen molar-refractivity contribution in [3.8, 4) is 0 Å². The van der Waals surface area contributed by atoms with E-state index >= 15 is 0 Å². The number of guanidine groups is 1. The number of likely N-dealkylation sites (tertiary alicyclic amines) is 1. The first-order valence-corrected chi connectivity index (χ1v) is 10.8. The third-order valence-corrected chi connectivity index (χ3v) is 6.43. The lowest BCUT2D eigenvalue weighted by Crippen LogP contribution is -2.54. The number of hydrogen-bond donors (Lipinski definition) is 1. The van der Waals surface area contributed by atoms with Gasteiger partial charge in [0.1, 0.15) is 0 Å². The van der Waals surface area contributed by atoms with Crippen molar-refractivity contribution in [2.24, 2.45) is 4.99 Å². The molecule has 0 radical (unpaired) electrons. The summed E-state index contributed by atoms with van der Waals surface area (Å²) in [5, 5.41) is 4.57. The summed E-state index contributed by atoms with van der Waals surface area (Å²) in [5.74, 6) is 1.23. The molecule has 0 bridgehead atoms. The van der Waals surface area contributed by atoms with Crippen molar-refractivity contribution >= 4 is 23.2 Å². The maximum absolute atomic E-state index is 12.5. The van der Waals surface area contributed by atoms with Gasteiger partial charge in [-0.3, -0.25) is 14.7 Å². The first kappa shape index (κ1) is 20.1. The molecule has 1 aromatic rings. The second kappa shape index (κ2) is 9.50. The summed E-state index contributed by atoms with van der Waals surface area (Å²) >= 11 is 1.74. The van der Waals surface area contributed by atoms with E-state index in [1.54, 1.807) is 11.3 Å². The number of thiazole rings is 1. The van der Waals surface area contributed by atoms with Crippen LogP contribution in [0.15, 0.2) is 4.99 Å². The topological polar surface area (TPSA) is 64.1 Å². The van der Waals surface area contributed by atoms with E-state index < -0.39 is 0 Å². The molecule has 0 aromatic carbocycles. The first-order valence-electron chi connectivity index (χ1n) is 9.95. The Morgan fingerprint density at radius 2 is 1.78 bits per heavy atom. The smallest absolute Gasteiger partial charge is 0.236 e. The van der Waals surface area contributed by atoms with Crippen LogP contribution in [0.25, 0.3) is 0 Å². The van der Waals surface area contributed by atoms with Gasteiger partial charge in [0, 0.05) is 51.2 Å². The molecule has 0 saturated carbocycles. The molecule has 1 amide bonds. The van der Waals surface area contributed by atoms with Crippen molar-refractivity contribution in [3.05, 3.63) is 15.6 Å². The van der Waals surface area contributed by atoms with Gasteiger partial charge in [-0.05, 0) is 33.1 Å². The molecule has 3 heterocycles. The van der Waals surface area contributed by atoms with Crippen LogP contribution in [0.5, 0.6) is 0 Å². The van der Waals surface area contributed by atoms with Crippen LogP contribution in [0, 0.1) is 13.8 Å². The van der Waals surface area contributed by atoms with E-state index in [-0.39, 0.29) is 0 Å².